The Kier molecular flexibility index (Phi) is 16.9. The summed E-state index contributed by atoms with van der Waals surface area (Å²) in [6.45, 7) is 5.11. The number of aromatic nitrogens is 2. The lowest BCUT2D eigenvalue weighted by Crippen LogP contribution is -2.36. The predicted molar refractivity (Wildman–Crippen MR) is 397 cm³/mol. The second-order valence-corrected chi connectivity index (χ2v) is 24.5. The van der Waals surface area contributed by atoms with Gasteiger partial charge in [0.15, 0.2) is 5.84 Å². The number of benzene rings is 12. The first-order chi connectivity index (χ1) is 49.8. The number of hydrogen-bond donors (Lipinski definition) is 1. The summed E-state index contributed by atoms with van der Waals surface area (Å²) >= 11 is 0. The molecule has 0 spiro atoms. The van der Waals surface area contributed by atoms with Crippen molar-refractivity contribution in [3.05, 3.63) is 322 Å². The minimum absolute atomic E-state index is 0.0182. The highest BCUT2D eigenvalue weighted by atomic mass is 15.3. The average molecular weight is 1300 g/mol. The number of nitriles is 9. The van der Waals surface area contributed by atoms with Crippen LogP contribution in [0.25, 0.3) is 111 Å². The van der Waals surface area contributed by atoms with Crippen LogP contribution in [-0.4, -0.2) is 32.8 Å². The van der Waals surface area contributed by atoms with Crippen molar-refractivity contribution in [2.24, 2.45) is 4.99 Å². The molecule has 2 heterocycles. The number of amidine groups is 2. The summed E-state index contributed by atoms with van der Waals surface area (Å²) in [5.74, 6) is 0.481. The molecule has 0 fully saturated rings. The van der Waals surface area contributed by atoms with Crippen LogP contribution in [0.2, 0.25) is 0 Å². The molecule has 0 aliphatic rings. The van der Waals surface area contributed by atoms with Crippen molar-refractivity contribution in [2.45, 2.75) is 12.6 Å². The van der Waals surface area contributed by atoms with Crippen LogP contribution in [0.4, 0.5) is 0 Å². The molecule has 102 heavy (non-hydrogen) atoms. The third-order valence-corrected chi connectivity index (χ3v) is 18.5. The van der Waals surface area contributed by atoms with Crippen molar-refractivity contribution in [3.8, 4) is 116 Å². The molecule has 1 N–H and O–H groups in total. The van der Waals surface area contributed by atoms with Crippen LogP contribution in [0.15, 0.2) is 260 Å². The van der Waals surface area contributed by atoms with Crippen LogP contribution < -0.4 is 0 Å². The normalized spacial score (nSPS) is 11.2. The maximum atomic E-state index is 10.3. The van der Waals surface area contributed by atoms with Crippen molar-refractivity contribution in [1.82, 2.24) is 14.0 Å². The monoisotopic (exact) mass is 1300 g/mol. The lowest BCUT2D eigenvalue weighted by Gasteiger charge is -2.34. The third kappa shape index (κ3) is 11.9. The van der Waals surface area contributed by atoms with Crippen LogP contribution >= 0.6 is 0 Å². The van der Waals surface area contributed by atoms with Crippen LogP contribution in [0.1, 0.15) is 79.3 Å². The maximum absolute atomic E-state index is 10.3. The molecule has 2 aromatic heterocycles. The number of aliphatic imine (C=N–C) groups is 1. The summed E-state index contributed by atoms with van der Waals surface area (Å²) in [7, 11) is 1.96. The highest BCUT2D eigenvalue weighted by molar-refractivity contribution is 6.14. The maximum Gasteiger partial charge on any atom is 0.154 e. The Morgan fingerprint density at radius 3 is 1.22 bits per heavy atom. The Morgan fingerprint density at radius 1 is 0.373 bits per heavy atom. The Labute approximate surface area is 587 Å². The molecule has 0 saturated carbocycles. The van der Waals surface area contributed by atoms with E-state index < -0.39 is 6.17 Å². The van der Waals surface area contributed by atoms with Crippen molar-refractivity contribution in [3.63, 3.8) is 0 Å². The van der Waals surface area contributed by atoms with Gasteiger partial charge >= 0.3 is 0 Å². The number of nitrogens with zero attached hydrogens (tertiary/aromatic N) is 13. The van der Waals surface area contributed by atoms with Crippen LogP contribution in [0.5, 0.6) is 0 Å². The SMILES string of the molecule is C=C(CC(N(C)/C(=N\C(=N)c1ccccc1)c1ccccc1)n1c2ccc(-c3cc(C#N)cc(C#N)c3)cc2c2cc(-c3ccc(C#N)c(C#N)c3)ccc21)c1cc(-c2cccc(C#N)c2)ccc1-n1c2ccc(-c3cc(C#N)cc(C#N)c3)cc2c2cc(-c3cc(C#N)cc(C#N)c3)ccc21. The number of hydrogen-bond acceptors (Lipinski definition) is 10. The van der Waals surface area contributed by atoms with Gasteiger partial charge in [-0.05, 0) is 201 Å². The summed E-state index contributed by atoms with van der Waals surface area (Å²) in [4.78, 5) is 7.32. The van der Waals surface area contributed by atoms with Gasteiger partial charge in [0.25, 0.3) is 0 Å². The van der Waals surface area contributed by atoms with E-state index >= 15 is 0 Å². The van der Waals surface area contributed by atoms with Crippen molar-refractivity contribution >= 4 is 60.9 Å². The average Bonchev–Trinajstić information content (AvgIpc) is 1.58. The molecule has 12 aromatic carbocycles. The summed E-state index contributed by atoms with van der Waals surface area (Å²) in [6, 6.07) is 97.2. The molecule has 14 aromatic rings. The quantitative estimate of drug-likeness (QED) is 0.0842. The van der Waals surface area contributed by atoms with E-state index in [1.54, 1.807) is 72.8 Å². The largest absolute Gasteiger partial charge is 0.338 e. The molecule has 1 unspecified atom stereocenters. The van der Waals surface area contributed by atoms with E-state index in [9.17, 15) is 52.8 Å². The van der Waals surface area contributed by atoms with E-state index in [0.29, 0.717) is 78.2 Å². The molecule has 14 rings (SSSR count). The second kappa shape index (κ2) is 27.0. The van der Waals surface area contributed by atoms with Crippen molar-refractivity contribution in [2.75, 3.05) is 7.05 Å². The summed E-state index contributed by atoms with van der Waals surface area (Å²) in [5, 5.41) is 104. The van der Waals surface area contributed by atoms with Crippen LogP contribution in [0.3, 0.4) is 0 Å². The van der Waals surface area contributed by atoms with Gasteiger partial charge in [-0.15, -0.1) is 0 Å². The van der Waals surface area contributed by atoms with Gasteiger partial charge in [0.05, 0.1) is 120 Å². The zero-order valence-corrected chi connectivity index (χ0v) is 54.5. The van der Waals surface area contributed by atoms with E-state index in [4.69, 9.17) is 11.6 Å². The Morgan fingerprint density at radius 2 is 0.755 bits per heavy atom. The van der Waals surface area contributed by atoms with Gasteiger partial charge in [0.1, 0.15) is 24.1 Å². The predicted octanol–water partition coefficient (Wildman–Crippen LogP) is 19.1. The molecular weight excluding hydrogens is 1250 g/mol. The van der Waals surface area contributed by atoms with Gasteiger partial charge in [-0.2, -0.15) is 47.4 Å². The van der Waals surface area contributed by atoms with Gasteiger partial charge in [0.2, 0.25) is 0 Å². The first kappa shape index (κ1) is 63.9. The third-order valence-electron chi connectivity index (χ3n) is 18.5. The molecule has 0 aliphatic carbocycles. The highest BCUT2D eigenvalue weighted by Gasteiger charge is 2.30. The molecule has 472 valence electrons. The number of fused-ring (bicyclic) bond motifs is 6. The number of nitrogens with one attached hydrogen (secondary N) is 1. The minimum atomic E-state index is -0.754. The summed E-state index contributed by atoms with van der Waals surface area (Å²) < 4.78 is 4.44. The van der Waals surface area contributed by atoms with E-state index in [-0.39, 0.29) is 23.4 Å². The second-order valence-electron chi connectivity index (χ2n) is 24.5. The van der Waals surface area contributed by atoms with E-state index in [0.717, 1.165) is 93.8 Å². The fourth-order valence-corrected chi connectivity index (χ4v) is 13.6. The first-order valence-electron chi connectivity index (χ1n) is 32.1. The molecule has 14 nitrogen and oxygen atoms in total. The van der Waals surface area contributed by atoms with E-state index in [2.05, 4.69) is 92.9 Å². The lowest BCUT2D eigenvalue weighted by atomic mass is 9.94. The molecule has 14 heteroatoms. The summed E-state index contributed by atoms with van der Waals surface area (Å²) in [5.41, 5.74) is 16.7. The Hall–Kier alpha value is -15.5. The molecule has 0 aliphatic heterocycles. The van der Waals surface area contributed by atoms with Gasteiger partial charge in [-0.3, -0.25) is 5.41 Å². The van der Waals surface area contributed by atoms with Gasteiger partial charge in [-0.25, -0.2) is 4.99 Å². The Bertz CT molecular complexity index is 6130. The topological polar surface area (TPSA) is 263 Å². The van der Waals surface area contributed by atoms with Crippen molar-refractivity contribution < 1.29 is 0 Å². The molecule has 0 amide bonds. The zero-order chi connectivity index (χ0) is 70.7. The van der Waals surface area contributed by atoms with E-state index in [1.807, 2.05) is 159 Å². The molecule has 0 saturated heterocycles. The fourth-order valence-electron chi connectivity index (χ4n) is 13.6. The van der Waals surface area contributed by atoms with Gasteiger partial charge in [0, 0.05) is 51.7 Å². The van der Waals surface area contributed by atoms with Crippen LogP contribution in [0, 0.1) is 107 Å². The fraction of sp³-hybridized carbons (Fsp3) is 0.0341. The van der Waals surface area contributed by atoms with Crippen LogP contribution in [-0.2, 0) is 0 Å². The van der Waals surface area contributed by atoms with E-state index in [1.165, 1.54) is 0 Å². The number of rotatable bonds is 13. The zero-order valence-electron chi connectivity index (χ0n) is 54.5. The molecular formula is C88H50N14. The molecule has 1 atom stereocenters. The Balaban J connectivity index is 1.04. The highest BCUT2D eigenvalue weighted by Crippen LogP contribution is 2.45. The lowest BCUT2D eigenvalue weighted by molar-refractivity contribution is 0.295. The smallest absolute Gasteiger partial charge is 0.154 e. The molecule has 0 bridgehead atoms. The van der Waals surface area contributed by atoms with Gasteiger partial charge in [-0.1, -0.05) is 116 Å². The minimum Gasteiger partial charge on any atom is -0.338 e. The molecule has 0 radical (unpaired) electrons. The van der Waals surface area contributed by atoms with Crippen molar-refractivity contribution in [1.29, 1.82) is 52.8 Å². The van der Waals surface area contributed by atoms with Gasteiger partial charge < -0.3 is 14.0 Å². The standard InChI is InChI=1S/C88H50N14/c1-54(76-40-66(64-15-9-10-55(32-64)45-89)18-23-81(76)101-82-24-20-68(72-33-56(46-90)29-57(34-72)47-91)42-77(82)78-43-69(21-25-83(78)101)73-35-58(48-92)30-59(36-73)49-93)28-86(100(2)88(63-13-7-4-8-14-63)99-87(98)62-11-5-3-6-12-62)102-84-26-19-67(65-16-17-71(52-96)75(39-65)53-97)41-79(84)80-44-70(22-27-85(80)102)74-37-60(50-94)31-61(38-74)51-95/h3-27,29-44,86,98H,1,28H2,2H3/b98-87?,99-88-. The summed E-state index contributed by atoms with van der Waals surface area (Å²) in [6.07, 6.45) is -0.580. The first-order valence-corrected chi connectivity index (χ1v) is 32.1.